The number of nitrogens with zero attached hydrogens (tertiary/aromatic N) is 3. The lowest BCUT2D eigenvalue weighted by atomic mass is 10.1. The fraction of sp³-hybridized carbons (Fsp3) is 0.200. The van der Waals surface area contributed by atoms with Crippen LogP contribution in [-0.4, -0.2) is 21.5 Å². The summed E-state index contributed by atoms with van der Waals surface area (Å²) >= 11 is 0. The first-order valence-electron chi connectivity index (χ1n) is 8.81. The van der Waals surface area contributed by atoms with Gasteiger partial charge in [0.1, 0.15) is 12.1 Å². The van der Waals surface area contributed by atoms with Gasteiger partial charge in [0.15, 0.2) is 0 Å². The molecule has 0 saturated heterocycles. The van der Waals surface area contributed by atoms with Gasteiger partial charge < -0.3 is 15.4 Å². The Hall–Kier alpha value is -3.68. The summed E-state index contributed by atoms with van der Waals surface area (Å²) in [5, 5.41) is 17.7. The molecule has 8 nitrogen and oxygen atoms in total. The number of hydrogen-bond donors (Lipinski definition) is 2. The third-order valence-electron chi connectivity index (χ3n) is 4.20. The minimum atomic E-state index is -0.500. The molecule has 3 rings (SSSR count). The van der Waals surface area contributed by atoms with E-state index in [0.717, 1.165) is 22.6 Å². The Kier molecular flexibility index (Phi) is 5.69. The topological polar surface area (TPSA) is 102 Å². The van der Waals surface area contributed by atoms with Gasteiger partial charge in [-0.15, -0.1) is 0 Å². The number of anilines is 4. The van der Waals surface area contributed by atoms with Crippen molar-refractivity contribution in [1.82, 2.24) is 9.97 Å². The third kappa shape index (κ3) is 4.35. The molecule has 0 aliphatic heterocycles. The smallest absolute Gasteiger partial charge is 0.353 e. The van der Waals surface area contributed by atoms with Crippen molar-refractivity contribution >= 4 is 28.7 Å². The molecule has 0 saturated carbocycles. The van der Waals surface area contributed by atoms with Gasteiger partial charge in [-0.1, -0.05) is 6.07 Å². The molecule has 1 heterocycles. The number of nitrogens with one attached hydrogen (secondary N) is 2. The van der Waals surface area contributed by atoms with Gasteiger partial charge in [-0.05, 0) is 68.3 Å². The van der Waals surface area contributed by atoms with E-state index in [0.29, 0.717) is 12.3 Å². The summed E-state index contributed by atoms with van der Waals surface area (Å²) in [6.45, 7) is 6.46. The lowest BCUT2D eigenvalue weighted by molar-refractivity contribution is -0.383. The third-order valence-corrected chi connectivity index (χ3v) is 4.20. The number of nitro groups is 1. The number of aromatic nitrogens is 2. The van der Waals surface area contributed by atoms with Crippen LogP contribution in [0.1, 0.15) is 18.1 Å². The second-order valence-electron chi connectivity index (χ2n) is 6.18. The van der Waals surface area contributed by atoms with Gasteiger partial charge in [-0.3, -0.25) is 10.1 Å². The standard InChI is InChI=1S/C20H21N5O3/c1-4-28-17-9-7-15(8-10-17)23-19-18(25(26)27)20(22-12-21-19)24-16-6-5-13(2)14(3)11-16/h5-12H,4H2,1-3H3,(H2,21,22,23,24). The quantitative estimate of drug-likeness (QED) is 0.445. The molecule has 0 atom stereocenters. The summed E-state index contributed by atoms with van der Waals surface area (Å²) in [4.78, 5) is 19.3. The molecule has 1 aromatic heterocycles. The largest absolute Gasteiger partial charge is 0.494 e. The van der Waals surface area contributed by atoms with Crippen molar-refractivity contribution in [3.8, 4) is 5.75 Å². The van der Waals surface area contributed by atoms with Crippen LogP contribution >= 0.6 is 0 Å². The van der Waals surface area contributed by atoms with E-state index in [4.69, 9.17) is 4.74 Å². The lowest BCUT2D eigenvalue weighted by Gasteiger charge is -2.11. The number of aryl methyl sites for hydroxylation is 2. The van der Waals surface area contributed by atoms with E-state index in [1.54, 1.807) is 24.3 Å². The SMILES string of the molecule is CCOc1ccc(Nc2ncnc(Nc3ccc(C)c(C)c3)c2[N+](=O)[O-])cc1. The summed E-state index contributed by atoms with van der Waals surface area (Å²) < 4.78 is 5.40. The highest BCUT2D eigenvalue weighted by atomic mass is 16.6. The van der Waals surface area contributed by atoms with Crippen LogP contribution < -0.4 is 15.4 Å². The van der Waals surface area contributed by atoms with Crippen LogP contribution in [0, 0.1) is 24.0 Å². The molecule has 0 aliphatic rings. The Morgan fingerprint density at radius 1 is 0.964 bits per heavy atom. The molecule has 0 fully saturated rings. The zero-order valence-corrected chi connectivity index (χ0v) is 15.9. The van der Waals surface area contributed by atoms with Gasteiger partial charge in [-0.2, -0.15) is 0 Å². The van der Waals surface area contributed by atoms with Crippen molar-refractivity contribution in [3.63, 3.8) is 0 Å². The maximum atomic E-state index is 11.7. The van der Waals surface area contributed by atoms with Crippen LogP contribution in [0.3, 0.4) is 0 Å². The Balaban J connectivity index is 1.90. The Morgan fingerprint density at radius 2 is 1.57 bits per heavy atom. The first-order chi connectivity index (χ1) is 13.5. The molecule has 2 aromatic carbocycles. The summed E-state index contributed by atoms with van der Waals surface area (Å²) in [6, 6.07) is 12.8. The van der Waals surface area contributed by atoms with Crippen LogP contribution in [0.2, 0.25) is 0 Å². The van der Waals surface area contributed by atoms with Crippen LogP contribution in [0.15, 0.2) is 48.8 Å². The fourth-order valence-electron chi connectivity index (χ4n) is 2.63. The molecule has 0 bridgehead atoms. The van der Waals surface area contributed by atoms with Crippen LogP contribution in [0.4, 0.5) is 28.7 Å². The molecule has 0 amide bonds. The van der Waals surface area contributed by atoms with E-state index < -0.39 is 4.92 Å². The number of benzene rings is 2. The number of ether oxygens (including phenoxy) is 1. The van der Waals surface area contributed by atoms with Crippen molar-refractivity contribution in [1.29, 1.82) is 0 Å². The van der Waals surface area contributed by atoms with Crippen LogP contribution in [-0.2, 0) is 0 Å². The highest BCUT2D eigenvalue weighted by Crippen LogP contribution is 2.33. The minimum Gasteiger partial charge on any atom is -0.494 e. The molecule has 0 unspecified atom stereocenters. The second-order valence-corrected chi connectivity index (χ2v) is 6.18. The molecule has 3 aromatic rings. The highest BCUT2D eigenvalue weighted by Gasteiger charge is 2.23. The van der Waals surface area contributed by atoms with Crippen LogP contribution in [0.5, 0.6) is 5.75 Å². The predicted molar refractivity (Wildman–Crippen MR) is 109 cm³/mol. The van der Waals surface area contributed by atoms with Crippen molar-refractivity contribution in [2.45, 2.75) is 20.8 Å². The molecular weight excluding hydrogens is 358 g/mol. The molecule has 144 valence electrons. The summed E-state index contributed by atoms with van der Waals surface area (Å²) in [6.07, 6.45) is 1.28. The summed E-state index contributed by atoms with van der Waals surface area (Å²) in [7, 11) is 0. The molecule has 28 heavy (non-hydrogen) atoms. The summed E-state index contributed by atoms with van der Waals surface area (Å²) in [5.74, 6) is 0.953. The molecule has 2 N–H and O–H groups in total. The van der Waals surface area contributed by atoms with E-state index in [2.05, 4.69) is 20.6 Å². The van der Waals surface area contributed by atoms with Gasteiger partial charge in [0, 0.05) is 11.4 Å². The maximum absolute atomic E-state index is 11.7. The van der Waals surface area contributed by atoms with Gasteiger partial charge in [0.05, 0.1) is 11.5 Å². The molecule has 0 spiro atoms. The first-order valence-corrected chi connectivity index (χ1v) is 8.81. The zero-order valence-electron chi connectivity index (χ0n) is 15.9. The second kappa shape index (κ2) is 8.34. The predicted octanol–water partition coefficient (Wildman–Crippen LogP) is 4.89. The summed E-state index contributed by atoms with van der Waals surface area (Å²) in [5.41, 5.74) is 3.36. The van der Waals surface area contributed by atoms with Gasteiger partial charge in [0.2, 0.25) is 11.6 Å². The van der Waals surface area contributed by atoms with E-state index in [1.165, 1.54) is 6.33 Å². The minimum absolute atomic E-state index is 0.107. The Labute approximate surface area is 162 Å². The van der Waals surface area contributed by atoms with E-state index >= 15 is 0 Å². The maximum Gasteiger partial charge on any atom is 0.353 e. The molecule has 0 radical (unpaired) electrons. The van der Waals surface area contributed by atoms with Crippen LogP contribution in [0.25, 0.3) is 0 Å². The lowest BCUT2D eigenvalue weighted by Crippen LogP contribution is -2.05. The Morgan fingerprint density at radius 3 is 2.14 bits per heavy atom. The van der Waals surface area contributed by atoms with Crippen molar-refractivity contribution in [2.24, 2.45) is 0 Å². The van der Waals surface area contributed by atoms with Crippen molar-refractivity contribution in [2.75, 3.05) is 17.2 Å². The molecular formula is C20H21N5O3. The number of hydrogen-bond acceptors (Lipinski definition) is 7. The monoisotopic (exact) mass is 379 g/mol. The zero-order chi connectivity index (χ0) is 20.1. The molecule has 0 aliphatic carbocycles. The first kappa shape index (κ1) is 19.1. The van der Waals surface area contributed by atoms with Gasteiger partial charge >= 0.3 is 5.69 Å². The Bertz CT molecular complexity index is 990. The van der Waals surface area contributed by atoms with E-state index in [1.807, 2.05) is 39.0 Å². The normalized spacial score (nSPS) is 10.4. The molecule has 8 heteroatoms. The number of rotatable bonds is 7. The fourth-order valence-corrected chi connectivity index (χ4v) is 2.63. The van der Waals surface area contributed by atoms with Crippen molar-refractivity contribution < 1.29 is 9.66 Å². The van der Waals surface area contributed by atoms with E-state index in [9.17, 15) is 10.1 Å². The highest BCUT2D eigenvalue weighted by molar-refractivity contribution is 5.77. The van der Waals surface area contributed by atoms with Gasteiger partial charge in [-0.25, -0.2) is 9.97 Å². The average Bonchev–Trinajstić information content (AvgIpc) is 2.66. The average molecular weight is 379 g/mol. The van der Waals surface area contributed by atoms with E-state index in [-0.39, 0.29) is 17.3 Å². The van der Waals surface area contributed by atoms with Gasteiger partial charge in [0.25, 0.3) is 0 Å². The van der Waals surface area contributed by atoms with Crippen molar-refractivity contribution in [3.05, 3.63) is 70.0 Å².